The number of hydrogen-bond donors (Lipinski definition) is 1. The van der Waals surface area contributed by atoms with Crippen molar-refractivity contribution in [3.63, 3.8) is 0 Å². The molecule has 0 saturated heterocycles. The highest BCUT2D eigenvalue weighted by atomic mass is 16.4. The molecule has 0 aromatic heterocycles. The van der Waals surface area contributed by atoms with Crippen molar-refractivity contribution >= 4 is 12.3 Å². The summed E-state index contributed by atoms with van der Waals surface area (Å²) in [5.74, 6) is -0.657. The van der Waals surface area contributed by atoms with E-state index in [1.807, 2.05) is 0 Å². The second-order valence-electron chi connectivity index (χ2n) is 8.46. The van der Waals surface area contributed by atoms with Gasteiger partial charge >= 0.3 is 5.97 Å². The fourth-order valence-electron chi connectivity index (χ4n) is 3.48. The van der Waals surface area contributed by atoms with E-state index in [0.29, 0.717) is 6.42 Å². The predicted octanol–water partition coefficient (Wildman–Crippen LogP) is 8.88. The van der Waals surface area contributed by atoms with Gasteiger partial charge in [-0.3, -0.25) is 4.79 Å². The van der Waals surface area contributed by atoms with Crippen molar-refractivity contribution < 1.29 is 14.7 Å². The molecule has 1 N–H and O–H groups in total. The van der Waals surface area contributed by atoms with Gasteiger partial charge in [-0.2, -0.15) is 0 Å². The Morgan fingerprint density at radius 3 is 1.17 bits per heavy atom. The minimum Gasteiger partial charge on any atom is -0.481 e. The van der Waals surface area contributed by atoms with Gasteiger partial charge in [-0.25, -0.2) is 0 Å². The van der Waals surface area contributed by atoms with Crippen LogP contribution in [0.5, 0.6) is 0 Å². The first-order valence-corrected chi connectivity index (χ1v) is 12.8. The highest BCUT2D eigenvalue weighted by Crippen LogP contribution is 2.12. The van der Waals surface area contributed by atoms with Gasteiger partial charge in [-0.1, -0.05) is 129 Å². The molecule has 0 aromatic carbocycles. The SMILES string of the molecule is CCCCCCCCCCCC=O.CCCCCCCCCCCCCC(=O)O. The maximum absolute atomic E-state index is 10.3. The fourth-order valence-corrected chi connectivity index (χ4v) is 3.48. The predicted molar refractivity (Wildman–Crippen MR) is 127 cm³/mol. The molecular weight excluding hydrogens is 360 g/mol. The number of carbonyl (C=O) groups is 2. The molecule has 0 amide bonds. The topological polar surface area (TPSA) is 54.4 Å². The van der Waals surface area contributed by atoms with Crippen LogP contribution in [0.15, 0.2) is 0 Å². The summed E-state index contributed by atoms with van der Waals surface area (Å²) in [6.45, 7) is 4.50. The molecule has 0 spiro atoms. The molecule has 0 bridgehead atoms. The Bertz CT molecular complexity index is 315. The lowest BCUT2D eigenvalue weighted by atomic mass is 10.1. The van der Waals surface area contributed by atoms with Crippen molar-refractivity contribution in [1.82, 2.24) is 0 Å². The summed E-state index contributed by atoms with van der Waals surface area (Å²) in [5.41, 5.74) is 0. The second-order valence-corrected chi connectivity index (χ2v) is 8.46. The van der Waals surface area contributed by atoms with Crippen LogP contribution in [0.1, 0.15) is 155 Å². The minimum atomic E-state index is -0.657. The highest BCUT2D eigenvalue weighted by molar-refractivity contribution is 5.66. The summed E-state index contributed by atoms with van der Waals surface area (Å²) in [7, 11) is 0. The fraction of sp³-hybridized carbons (Fsp3) is 0.923. The number of carbonyl (C=O) groups excluding carboxylic acids is 1. The molecule has 0 aliphatic rings. The Hall–Kier alpha value is -0.860. The molecule has 0 saturated carbocycles. The van der Waals surface area contributed by atoms with E-state index in [1.54, 1.807) is 0 Å². The molecule has 0 aromatic rings. The van der Waals surface area contributed by atoms with Crippen molar-refractivity contribution in [3.05, 3.63) is 0 Å². The molecule has 0 aliphatic carbocycles. The van der Waals surface area contributed by atoms with Crippen LogP contribution in [0.25, 0.3) is 0 Å². The summed E-state index contributed by atoms with van der Waals surface area (Å²) >= 11 is 0. The average Bonchev–Trinajstić information content (AvgIpc) is 2.71. The molecule has 29 heavy (non-hydrogen) atoms. The lowest BCUT2D eigenvalue weighted by molar-refractivity contribution is -0.137. The van der Waals surface area contributed by atoms with Gasteiger partial charge in [0.15, 0.2) is 0 Å². The van der Waals surface area contributed by atoms with Crippen molar-refractivity contribution in [3.8, 4) is 0 Å². The van der Waals surface area contributed by atoms with E-state index in [4.69, 9.17) is 5.11 Å². The van der Waals surface area contributed by atoms with Gasteiger partial charge in [0.1, 0.15) is 6.29 Å². The van der Waals surface area contributed by atoms with E-state index in [-0.39, 0.29) is 0 Å². The number of carboxylic acids is 1. The number of hydrogen-bond acceptors (Lipinski definition) is 2. The standard InChI is InChI=1S/C14H28O2.C12H24O/c1-2-3-4-5-6-7-8-9-10-11-12-13-14(15)16;1-2-3-4-5-6-7-8-9-10-11-12-13/h2-13H2,1H3,(H,15,16);12H,2-11H2,1H3. The summed E-state index contributed by atoms with van der Waals surface area (Å²) < 4.78 is 0. The lowest BCUT2D eigenvalue weighted by Gasteiger charge is -2.01. The van der Waals surface area contributed by atoms with E-state index in [9.17, 15) is 9.59 Å². The molecule has 0 heterocycles. The minimum absolute atomic E-state index is 0.344. The monoisotopic (exact) mass is 412 g/mol. The lowest BCUT2D eigenvalue weighted by Crippen LogP contribution is -1.93. The van der Waals surface area contributed by atoms with Crippen LogP contribution >= 0.6 is 0 Å². The number of unbranched alkanes of at least 4 members (excludes halogenated alkanes) is 19. The maximum Gasteiger partial charge on any atom is 0.303 e. The van der Waals surface area contributed by atoms with Crippen LogP contribution in [0, 0.1) is 0 Å². The van der Waals surface area contributed by atoms with Gasteiger partial charge in [0.25, 0.3) is 0 Å². The van der Waals surface area contributed by atoms with E-state index >= 15 is 0 Å². The molecule has 0 atom stereocenters. The van der Waals surface area contributed by atoms with Gasteiger partial charge in [0.2, 0.25) is 0 Å². The zero-order valence-corrected chi connectivity index (χ0v) is 19.9. The first kappa shape index (κ1) is 30.3. The first-order valence-electron chi connectivity index (χ1n) is 12.8. The van der Waals surface area contributed by atoms with Crippen LogP contribution < -0.4 is 0 Å². The van der Waals surface area contributed by atoms with Crippen LogP contribution in [0.4, 0.5) is 0 Å². The zero-order chi connectivity index (χ0) is 21.8. The third kappa shape index (κ3) is 35.0. The second kappa shape index (κ2) is 29.3. The third-order valence-corrected chi connectivity index (χ3v) is 5.42. The van der Waals surface area contributed by atoms with Gasteiger partial charge in [0.05, 0.1) is 0 Å². The van der Waals surface area contributed by atoms with E-state index in [0.717, 1.165) is 32.0 Å². The van der Waals surface area contributed by atoms with Crippen LogP contribution in [-0.2, 0) is 9.59 Å². The Morgan fingerprint density at radius 1 is 0.552 bits per heavy atom. The van der Waals surface area contributed by atoms with Crippen molar-refractivity contribution in [2.45, 2.75) is 155 Å². The Labute approximate surface area is 182 Å². The number of rotatable bonds is 22. The van der Waals surface area contributed by atoms with Crippen molar-refractivity contribution in [2.24, 2.45) is 0 Å². The summed E-state index contributed by atoms with van der Waals surface area (Å²) in [6.07, 6.45) is 28.1. The van der Waals surface area contributed by atoms with E-state index < -0.39 is 5.97 Å². The van der Waals surface area contributed by atoms with Crippen LogP contribution in [0.2, 0.25) is 0 Å². The molecule has 0 radical (unpaired) electrons. The van der Waals surface area contributed by atoms with Crippen molar-refractivity contribution in [1.29, 1.82) is 0 Å². The van der Waals surface area contributed by atoms with E-state index in [1.165, 1.54) is 109 Å². The summed E-state index contributed by atoms with van der Waals surface area (Å²) in [6, 6.07) is 0. The molecule has 0 aliphatic heterocycles. The smallest absolute Gasteiger partial charge is 0.303 e. The molecule has 0 fully saturated rings. The van der Waals surface area contributed by atoms with Gasteiger partial charge < -0.3 is 9.90 Å². The number of carboxylic acid groups (broad SMARTS) is 1. The summed E-state index contributed by atoms with van der Waals surface area (Å²) in [5, 5.41) is 8.46. The maximum atomic E-state index is 10.3. The molecule has 3 heteroatoms. The molecular formula is C26H52O3. The highest BCUT2D eigenvalue weighted by Gasteiger charge is 1.96. The van der Waals surface area contributed by atoms with Crippen molar-refractivity contribution in [2.75, 3.05) is 0 Å². The first-order chi connectivity index (χ1) is 14.2. The average molecular weight is 413 g/mol. The van der Waals surface area contributed by atoms with Crippen LogP contribution in [-0.4, -0.2) is 17.4 Å². The largest absolute Gasteiger partial charge is 0.481 e. The third-order valence-electron chi connectivity index (χ3n) is 5.42. The molecule has 0 unspecified atom stereocenters. The Kier molecular flexibility index (Phi) is 30.7. The summed E-state index contributed by atoms with van der Waals surface area (Å²) in [4.78, 5) is 20.3. The molecule has 174 valence electrons. The Morgan fingerprint density at radius 2 is 0.862 bits per heavy atom. The van der Waals surface area contributed by atoms with Crippen LogP contribution in [0.3, 0.4) is 0 Å². The number of aliphatic carboxylic acids is 1. The molecule has 3 nitrogen and oxygen atoms in total. The van der Waals surface area contributed by atoms with Gasteiger partial charge in [0, 0.05) is 12.8 Å². The van der Waals surface area contributed by atoms with Gasteiger partial charge in [-0.15, -0.1) is 0 Å². The quantitative estimate of drug-likeness (QED) is 0.143. The zero-order valence-electron chi connectivity index (χ0n) is 19.9. The van der Waals surface area contributed by atoms with E-state index in [2.05, 4.69) is 13.8 Å². The van der Waals surface area contributed by atoms with Gasteiger partial charge in [-0.05, 0) is 12.8 Å². The Balaban J connectivity index is 0. The molecule has 0 rings (SSSR count). The normalized spacial score (nSPS) is 10.4. The number of aldehydes is 1.